The molecule has 0 aliphatic rings. The highest BCUT2D eigenvalue weighted by molar-refractivity contribution is 9.10. The zero-order chi connectivity index (χ0) is 17.4. The van der Waals surface area contributed by atoms with Crippen molar-refractivity contribution in [3.05, 3.63) is 58.3 Å². The molecule has 0 spiro atoms. The third-order valence-corrected chi connectivity index (χ3v) is 3.88. The second-order valence-corrected chi connectivity index (χ2v) is 5.82. The van der Waals surface area contributed by atoms with Crippen LogP contribution in [0, 0.1) is 0 Å². The molecule has 2 aromatic rings. The van der Waals surface area contributed by atoms with Crippen LogP contribution in [0.4, 0.5) is 5.69 Å². The van der Waals surface area contributed by atoms with E-state index in [2.05, 4.69) is 31.5 Å². The van der Waals surface area contributed by atoms with Crippen molar-refractivity contribution in [1.82, 2.24) is 10.3 Å². The Morgan fingerprint density at radius 2 is 2.00 bits per heavy atom. The first-order valence-corrected chi connectivity index (χ1v) is 8.20. The van der Waals surface area contributed by atoms with Gasteiger partial charge in [-0.1, -0.05) is 12.1 Å². The van der Waals surface area contributed by atoms with E-state index < -0.39 is 0 Å². The Bertz CT molecular complexity index is 722. The first-order chi connectivity index (χ1) is 11.6. The van der Waals surface area contributed by atoms with Crippen molar-refractivity contribution in [2.75, 3.05) is 25.6 Å². The molecule has 0 saturated heterocycles. The first-order valence-electron chi connectivity index (χ1n) is 7.41. The Kier molecular flexibility index (Phi) is 6.89. The number of amides is 2. The normalized spacial score (nSPS) is 10.2. The molecule has 0 atom stereocenters. The monoisotopic (exact) mass is 391 g/mol. The summed E-state index contributed by atoms with van der Waals surface area (Å²) in [5.41, 5.74) is 1.22. The summed E-state index contributed by atoms with van der Waals surface area (Å²) < 4.78 is 5.70. The van der Waals surface area contributed by atoms with Gasteiger partial charge in [0.25, 0.3) is 11.8 Å². The number of pyridine rings is 1. The van der Waals surface area contributed by atoms with Crippen LogP contribution in [0.1, 0.15) is 27.3 Å². The second-order valence-electron chi connectivity index (χ2n) is 4.97. The second kappa shape index (κ2) is 9.14. The van der Waals surface area contributed by atoms with Crippen LogP contribution in [-0.2, 0) is 4.74 Å². The van der Waals surface area contributed by atoms with Gasteiger partial charge in [-0.3, -0.25) is 14.6 Å². The number of carbonyl (C=O) groups is 2. The minimum Gasteiger partial charge on any atom is -0.385 e. The predicted molar refractivity (Wildman–Crippen MR) is 95.2 cm³/mol. The lowest BCUT2D eigenvalue weighted by Crippen LogP contribution is -2.26. The van der Waals surface area contributed by atoms with Crippen LogP contribution < -0.4 is 10.6 Å². The first kappa shape index (κ1) is 18.1. The molecule has 1 aromatic carbocycles. The van der Waals surface area contributed by atoms with Gasteiger partial charge in [-0.2, -0.15) is 0 Å². The molecule has 0 unspecified atom stereocenters. The summed E-state index contributed by atoms with van der Waals surface area (Å²) in [4.78, 5) is 28.4. The van der Waals surface area contributed by atoms with Gasteiger partial charge in [-0.15, -0.1) is 0 Å². The quantitative estimate of drug-likeness (QED) is 0.711. The number of nitrogens with zero attached hydrogens (tertiary/aromatic N) is 1. The molecule has 2 rings (SSSR count). The van der Waals surface area contributed by atoms with Crippen molar-refractivity contribution in [3.8, 4) is 0 Å². The molecule has 0 radical (unpaired) electrons. The highest BCUT2D eigenvalue weighted by Crippen LogP contribution is 2.21. The zero-order valence-corrected chi connectivity index (χ0v) is 14.8. The number of hydrogen-bond donors (Lipinski definition) is 2. The van der Waals surface area contributed by atoms with Gasteiger partial charge < -0.3 is 15.4 Å². The smallest absolute Gasteiger partial charge is 0.269 e. The van der Waals surface area contributed by atoms with Gasteiger partial charge in [-0.25, -0.2) is 0 Å². The number of carbonyl (C=O) groups excluding carboxylic acids is 2. The molecule has 0 saturated carbocycles. The van der Waals surface area contributed by atoms with Crippen molar-refractivity contribution >= 4 is 33.4 Å². The lowest BCUT2D eigenvalue weighted by Gasteiger charge is -2.08. The average molecular weight is 392 g/mol. The zero-order valence-electron chi connectivity index (χ0n) is 13.2. The minimum absolute atomic E-state index is 0.201. The maximum atomic E-state index is 12.3. The van der Waals surface area contributed by atoms with Crippen molar-refractivity contribution in [2.24, 2.45) is 0 Å². The van der Waals surface area contributed by atoms with E-state index in [-0.39, 0.29) is 17.5 Å². The van der Waals surface area contributed by atoms with E-state index >= 15 is 0 Å². The molecule has 1 heterocycles. The number of para-hydroxylation sites is 1. The van der Waals surface area contributed by atoms with Gasteiger partial charge >= 0.3 is 0 Å². The van der Waals surface area contributed by atoms with E-state index in [0.717, 1.165) is 4.47 Å². The van der Waals surface area contributed by atoms with E-state index in [0.29, 0.717) is 30.8 Å². The van der Waals surface area contributed by atoms with E-state index in [9.17, 15) is 9.59 Å². The fourth-order valence-corrected chi connectivity index (χ4v) is 2.35. The number of aromatic nitrogens is 1. The molecule has 2 amide bonds. The van der Waals surface area contributed by atoms with Crippen molar-refractivity contribution in [3.63, 3.8) is 0 Å². The van der Waals surface area contributed by atoms with Crippen LogP contribution in [0.3, 0.4) is 0 Å². The van der Waals surface area contributed by atoms with Crippen molar-refractivity contribution < 1.29 is 14.3 Å². The number of methoxy groups -OCH3 is 1. The third kappa shape index (κ3) is 5.14. The molecule has 0 fully saturated rings. The summed E-state index contributed by atoms with van der Waals surface area (Å²) in [6.07, 6.45) is 2.16. The van der Waals surface area contributed by atoms with Crippen LogP contribution in [0.2, 0.25) is 0 Å². The van der Waals surface area contributed by atoms with Crippen molar-refractivity contribution in [1.29, 1.82) is 0 Å². The lowest BCUT2D eigenvalue weighted by atomic mass is 10.2. The Hall–Kier alpha value is -2.25. The number of benzene rings is 1. The van der Waals surface area contributed by atoms with Gasteiger partial charge in [0.05, 0.1) is 5.69 Å². The Morgan fingerprint density at radius 1 is 1.21 bits per heavy atom. The topological polar surface area (TPSA) is 80.3 Å². The number of hydrogen-bond acceptors (Lipinski definition) is 4. The van der Waals surface area contributed by atoms with Crippen LogP contribution in [0.5, 0.6) is 0 Å². The summed E-state index contributed by atoms with van der Waals surface area (Å²) in [5.74, 6) is -0.626. The number of ether oxygens (including phenoxy) is 1. The number of anilines is 1. The molecule has 126 valence electrons. The van der Waals surface area contributed by atoms with Gasteiger partial charge in [0, 0.05) is 36.5 Å². The maximum absolute atomic E-state index is 12.3. The van der Waals surface area contributed by atoms with E-state index in [4.69, 9.17) is 4.74 Å². The third-order valence-electron chi connectivity index (χ3n) is 3.19. The summed E-state index contributed by atoms with van der Waals surface area (Å²) >= 11 is 3.37. The van der Waals surface area contributed by atoms with Crippen LogP contribution in [0.15, 0.2) is 47.1 Å². The molecule has 0 aliphatic carbocycles. The summed E-state index contributed by atoms with van der Waals surface area (Å²) in [6.45, 7) is 1.06. The van der Waals surface area contributed by atoms with Gasteiger partial charge in [-0.05, 0) is 46.6 Å². The van der Waals surface area contributed by atoms with E-state index in [1.54, 1.807) is 19.2 Å². The summed E-state index contributed by atoms with van der Waals surface area (Å²) in [7, 11) is 1.61. The molecular weight excluding hydrogens is 374 g/mol. The molecule has 2 N–H and O–H groups in total. The molecule has 24 heavy (non-hydrogen) atoms. The van der Waals surface area contributed by atoms with Gasteiger partial charge in [0.15, 0.2) is 0 Å². The van der Waals surface area contributed by atoms with Crippen LogP contribution in [0.25, 0.3) is 0 Å². The fraction of sp³-hybridized carbons (Fsp3) is 0.235. The van der Waals surface area contributed by atoms with Gasteiger partial charge in [0.1, 0.15) is 5.69 Å². The van der Waals surface area contributed by atoms with Crippen molar-refractivity contribution in [2.45, 2.75) is 6.42 Å². The average Bonchev–Trinajstić information content (AvgIpc) is 2.60. The summed E-state index contributed by atoms with van der Waals surface area (Å²) in [5, 5.41) is 5.53. The highest BCUT2D eigenvalue weighted by Gasteiger charge is 2.12. The number of rotatable bonds is 7. The summed E-state index contributed by atoms with van der Waals surface area (Å²) in [6, 6.07) is 10.3. The molecule has 1 aromatic heterocycles. The predicted octanol–water partition coefficient (Wildman–Crippen LogP) is 2.86. The molecule has 0 bridgehead atoms. The Labute approximate surface area is 148 Å². The van der Waals surface area contributed by atoms with E-state index in [1.807, 2.05) is 18.2 Å². The Morgan fingerprint density at radius 3 is 2.75 bits per heavy atom. The Balaban J connectivity index is 2.02. The fourth-order valence-electron chi connectivity index (χ4n) is 1.96. The molecular formula is C17H18BrN3O3. The maximum Gasteiger partial charge on any atom is 0.269 e. The number of nitrogens with one attached hydrogen (secondary N) is 2. The lowest BCUT2D eigenvalue weighted by molar-refractivity contribution is 0.0943. The minimum atomic E-state index is -0.318. The van der Waals surface area contributed by atoms with Gasteiger partial charge in [0.2, 0.25) is 0 Å². The standard InChI is InChI=1S/C17H18BrN3O3/c1-24-10-4-8-20-17(23)15-11-12(7-9-19-15)16(22)21-14-6-3-2-5-13(14)18/h2-3,5-7,9,11H,4,8,10H2,1H3,(H,20,23)(H,21,22). The molecule has 0 aliphatic heterocycles. The van der Waals surface area contributed by atoms with Crippen LogP contribution in [-0.4, -0.2) is 37.1 Å². The molecule has 6 nitrogen and oxygen atoms in total. The largest absolute Gasteiger partial charge is 0.385 e. The van der Waals surface area contributed by atoms with E-state index in [1.165, 1.54) is 12.3 Å². The van der Waals surface area contributed by atoms with Crippen LogP contribution >= 0.6 is 15.9 Å². The highest BCUT2D eigenvalue weighted by atomic mass is 79.9. The number of halogens is 1. The SMILES string of the molecule is COCCCNC(=O)c1cc(C(=O)Nc2ccccc2Br)ccn1. The molecule has 7 heteroatoms.